The fraction of sp³-hybridized carbons (Fsp3) is 0.279. The van der Waals surface area contributed by atoms with Gasteiger partial charge in [-0.1, -0.05) is 30.3 Å². The number of alkyl halides is 3. The summed E-state index contributed by atoms with van der Waals surface area (Å²) in [7, 11) is 1.95. The van der Waals surface area contributed by atoms with Crippen LogP contribution in [0.2, 0.25) is 0 Å². The summed E-state index contributed by atoms with van der Waals surface area (Å²) in [5, 5.41) is 16.7. The van der Waals surface area contributed by atoms with E-state index in [0.29, 0.717) is 30.2 Å². The van der Waals surface area contributed by atoms with Crippen LogP contribution in [0.5, 0.6) is 5.88 Å². The molecule has 12 nitrogen and oxygen atoms in total. The third kappa shape index (κ3) is 9.04. The van der Waals surface area contributed by atoms with Crippen molar-refractivity contribution in [2.45, 2.75) is 46.0 Å². The van der Waals surface area contributed by atoms with E-state index < -0.39 is 17.8 Å². The molecular formula is C43H41F3N8O4. The molecule has 6 heterocycles. The predicted molar refractivity (Wildman–Crippen MR) is 214 cm³/mol. The minimum absolute atomic E-state index is 0.0844. The molecule has 298 valence electrons. The van der Waals surface area contributed by atoms with Crippen LogP contribution in [0, 0.1) is 18.3 Å². The standard InChI is InChI=1S/C38H32F3N7O3.C3H6O.C2H3N/c1-22-17-24-5-3-6-26(35(24)51-22)21-50-34-8-4-7-29(44-34)23-13-15-48(16-14-23)20-33-43-31-19-27(10-12-32(31)47(33)2)42-37(49)25-9-11-30-28(18-25)36(46-45-30)38(39,40)41;1-2-4-3-1;1-2-3/h3-13,17-19H,14-16,20-21H2,1-2H3,(H,42,49)(H,45,46);1-3H2;1H3. The molecule has 9 rings (SSSR count). The number of halogens is 3. The fourth-order valence-corrected chi connectivity index (χ4v) is 6.66. The van der Waals surface area contributed by atoms with E-state index >= 15 is 0 Å². The Morgan fingerprint density at radius 3 is 2.53 bits per heavy atom. The highest BCUT2D eigenvalue weighted by Crippen LogP contribution is 2.34. The first kappa shape index (κ1) is 39.7. The van der Waals surface area contributed by atoms with Gasteiger partial charge in [-0.2, -0.15) is 23.5 Å². The largest absolute Gasteiger partial charge is 0.473 e. The van der Waals surface area contributed by atoms with Gasteiger partial charge in [0.25, 0.3) is 5.91 Å². The molecule has 2 aliphatic rings. The van der Waals surface area contributed by atoms with E-state index in [-0.39, 0.29) is 16.5 Å². The van der Waals surface area contributed by atoms with E-state index in [2.05, 4.69) is 21.4 Å². The van der Waals surface area contributed by atoms with E-state index in [1.165, 1.54) is 31.5 Å². The number of nitrogens with zero attached hydrogens (tertiary/aromatic N) is 6. The first-order valence-corrected chi connectivity index (χ1v) is 18.7. The van der Waals surface area contributed by atoms with Crippen LogP contribution in [-0.4, -0.2) is 61.8 Å². The Kier molecular flexibility index (Phi) is 11.9. The first-order valence-electron chi connectivity index (χ1n) is 18.7. The number of imidazole rings is 1. The third-order valence-electron chi connectivity index (χ3n) is 9.74. The number of aromatic amines is 1. The van der Waals surface area contributed by atoms with Crippen LogP contribution in [0.4, 0.5) is 18.9 Å². The summed E-state index contributed by atoms with van der Waals surface area (Å²) in [6, 6.07) is 25.0. The summed E-state index contributed by atoms with van der Waals surface area (Å²) in [6.45, 7) is 7.89. The number of aromatic nitrogens is 5. The highest BCUT2D eigenvalue weighted by molar-refractivity contribution is 6.07. The maximum absolute atomic E-state index is 13.4. The van der Waals surface area contributed by atoms with E-state index in [0.717, 1.165) is 77.6 Å². The number of amides is 1. The van der Waals surface area contributed by atoms with Gasteiger partial charge >= 0.3 is 6.18 Å². The number of fused-ring (bicyclic) bond motifs is 3. The van der Waals surface area contributed by atoms with Crippen LogP contribution in [0.25, 0.3) is 38.5 Å². The van der Waals surface area contributed by atoms with Crippen molar-refractivity contribution < 1.29 is 31.9 Å². The molecular weight excluding hydrogens is 750 g/mol. The summed E-state index contributed by atoms with van der Waals surface area (Å²) in [5.74, 6) is 1.75. The molecule has 0 saturated carbocycles. The number of aryl methyl sites for hydroxylation is 2. The maximum atomic E-state index is 13.4. The van der Waals surface area contributed by atoms with Gasteiger partial charge in [0.1, 0.15) is 29.5 Å². The Bertz CT molecular complexity index is 2650. The second-order valence-corrected chi connectivity index (χ2v) is 13.8. The molecule has 15 heteroatoms. The molecule has 4 aromatic heterocycles. The van der Waals surface area contributed by atoms with Crippen LogP contribution in [0.1, 0.15) is 58.7 Å². The van der Waals surface area contributed by atoms with Crippen LogP contribution in [-0.2, 0) is 31.1 Å². The molecule has 0 unspecified atom stereocenters. The van der Waals surface area contributed by atoms with Gasteiger partial charge in [0, 0.05) is 73.9 Å². The minimum Gasteiger partial charge on any atom is -0.473 e. The van der Waals surface area contributed by atoms with Crippen molar-refractivity contribution in [2.75, 3.05) is 31.6 Å². The molecule has 7 aromatic rings. The quantitative estimate of drug-likeness (QED) is 0.154. The summed E-state index contributed by atoms with van der Waals surface area (Å²) in [4.78, 5) is 25.0. The van der Waals surface area contributed by atoms with Gasteiger partial charge in [-0.15, -0.1) is 0 Å². The van der Waals surface area contributed by atoms with Gasteiger partial charge in [0.05, 0.1) is 34.9 Å². The van der Waals surface area contributed by atoms with E-state index in [9.17, 15) is 18.0 Å². The molecule has 0 atom stereocenters. The molecule has 1 fully saturated rings. The molecule has 0 aliphatic carbocycles. The lowest BCUT2D eigenvalue weighted by Crippen LogP contribution is -2.29. The number of hydrogen-bond donors (Lipinski definition) is 2. The van der Waals surface area contributed by atoms with Gasteiger partial charge < -0.3 is 23.8 Å². The van der Waals surface area contributed by atoms with Gasteiger partial charge in [-0.25, -0.2) is 9.97 Å². The van der Waals surface area contributed by atoms with Crippen molar-refractivity contribution >= 4 is 50.1 Å². The van der Waals surface area contributed by atoms with Crippen molar-refractivity contribution in [1.82, 2.24) is 29.6 Å². The van der Waals surface area contributed by atoms with Crippen LogP contribution < -0.4 is 10.1 Å². The zero-order valence-corrected chi connectivity index (χ0v) is 32.2. The first-order chi connectivity index (χ1) is 28.0. The Balaban J connectivity index is 0.000000672. The van der Waals surface area contributed by atoms with E-state index in [1.807, 2.05) is 72.2 Å². The average Bonchev–Trinajstić information content (AvgIpc) is 3.88. The Hall–Kier alpha value is -6.50. The van der Waals surface area contributed by atoms with Crippen LogP contribution in [0.3, 0.4) is 0 Å². The highest BCUT2D eigenvalue weighted by Gasteiger charge is 2.35. The predicted octanol–water partition coefficient (Wildman–Crippen LogP) is 8.98. The fourth-order valence-electron chi connectivity index (χ4n) is 6.66. The average molecular weight is 791 g/mol. The molecule has 3 aromatic carbocycles. The zero-order valence-electron chi connectivity index (χ0n) is 32.2. The Labute approximate surface area is 331 Å². The van der Waals surface area contributed by atoms with Crippen molar-refractivity contribution in [3.05, 3.63) is 119 Å². The number of H-pyrrole nitrogens is 1. The number of benzene rings is 3. The number of nitriles is 1. The van der Waals surface area contributed by atoms with Crippen molar-refractivity contribution in [3.8, 4) is 11.9 Å². The number of furan rings is 1. The van der Waals surface area contributed by atoms with Crippen molar-refractivity contribution in [1.29, 1.82) is 5.26 Å². The molecule has 2 N–H and O–H groups in total. The maximum Gasteiger partial charge on any atom is 0.433 e. The molecule has 2 aliphatic heterocycles. The molecule has 0 radical (unpaired) electrons. The number of ether oxygens (including phenoxy) is 2. The van der Waals surface area contributed by atoms with Gasteiger partial charge in [-0.05, 0) is 73.9 Å². The lowest BCUT2D eigenvalue weighted by molar-refractivity contribution is -0.139. The molecule has 0 spiro atoms. The number of nitrogens with one attached hydrogen (secondary N) is 2. The number of anilines is 1. The SMILES string of the molecule is C1COC1.CC#N.Cc1cc2cccc(COc3cccc(C4=CCN(Cc5nc6cc(NC(=O)c7ccc8n[nH]c(C(F)(F)F)c8c7)ccc6n5C)CC4)n3)c2o1. The Morgan fingerprint density at radius 2 is 1.81 bits per heavy atom. The Morgan fingerprint density at radius 1 is 1.03 bits per heavy atom. The molecule has 0 bridgehead atoms. The summed E-state index contributed by atoms with van der Waals surface area (Å²) < 4.78 is 58.8. The summed E-state index contributed by atoms with van der Waals surface area (Å²) in [5.41, 5.74) is 5.15. The number of carbonyl (C=O) groups is 1. The van der Waals surface area contributed by atoms with E-state index in [1.54, 1.807) is 18.2 Å². The summed E-state index contributed by atoms with van der Waals surface area (Å²) >= 11 is 0. The number of para-hydroxylation sites is 1. The smallest absolute Gasteiger partial charge is 0.433 e. The monoisotopic (exact) mass is 790 g/mol. The van der Waals surface area contributed by atoms with E-state index in [4.69, 9.17) is 29.1 Å². The highest BCUT2D eigenvalue weighted by atomic mass is 19.4. The topological polar surface area (TPSA) is 147 Å². The number of hydrogen-bond acceptors (Lipinski definition) is 9. The number of pyridine rings is 1. The van der Waals surface area contributed by atoms with Gasteiger partial charge in [0.15, 0.2) is 0 Å². The number of rotatable bonds is 8. The normalized spacial score (nSPS) is 14.1. The second-order valence-electron chi connectivity index (χ2n) is 13.8. The molecule has 58 heavy (non-hydrogen) atoms. The molecule has 1 amide bonds. The van der Waals surface area contributed by atoms with Gasteiger partial charge in [-0.3, -0.25) is 14.8 Å². The van der Waals surface area contributed by atoms with Crippen LogP contribution >= 0.6 is 0 Å². The van der Waals surface area contributed by atoms with Gasteiger partial charge in [0.2, 0.25) is 5.88 Å². The minimum atomic E-state index is -4.62. The lowest BCUT2D eigenvalue weighted by atomic mass is 10.0. The number of carbonyl (C=O) groups excluding carboxylic acids is 1. The van der Waals surface area contributed by atoms with Crippen LogP contribution in [0.15, 0.2) is 89.4 Å². The summed E-state index contributed by atoms with van der Waals surface area (Å²) in [6.07, 6.45) is -0.332. The zero-order chi connectivity index (χ0) is 40.8. The molecule has 1 saturated heterocycles. The second kappa shape index (κ2) is 17.3. The van der Waals surface area contributed by atoms with Crippen molar-refractivity contribution in [2.24, 2.45) is 7.05 Å². The van der Waals surface area contributed by atoms with Crippen molar-refractivity contribution in [3.63, 3.8) is 0 Å². The third-order valence-corrected chi connectivity index (χ3v) is 9.74. The lowest BCUT2D eigenvalue weighted by Gasteiger charge is -2.25.